The summed E-state index contributed by atoms with van der Waals surface area (Å²) >= 11 is 0. The lowest BCUT2D eigenvalue weighted by atomic mass is 9.86. The highest BCUT2D eigenvalue weighted by atomic mass is 16.5. The number of methoxy groups -OCH3 is 1. The predicted octanol–water partition coefficient (Wildman–Crippen LogP) is 5.31. The first-order valence-corrected chi connectivity index (χ1v) is 9.60. The second-order valence-electron chi connectivity index (χ2n) is 7.93. The number of hydrogen-bond acceptors (Lipinski definition) is 4. The molecule has 3 aromatic rings. The minimum absolute atomic E-state index is 0.0341. The first-order valence-electron chi connectivity index (χ1n) is 9.60. The van der Waals surface area contributed by atoms with Crippen LogP contribution in [0.25, 0.3) is 0 Å². The Morgan fingerprint density at radius 3 is 2.34 bits per heavy atom. The standard InChI is InChI=1S/C24H27N3O2/c1-24(2,3)20-7-5-6-8-21(20)26-18-11-14-22(25-16-18)27-23(28)15-17-9-12-19(29-4)13-10-17/h5-14,16,26H,15H2,1-4H3,(H,25,27,28). The van der Waals surface area contributed by atoms with E-state index in [1.807, 2.05) is 42.5 Å². The van der Waals surface area contributed by atoms with E-state index < -0.39 is 0 Å². The van der Waals surface area contributed by atoms with Crippen LogP contribution in [0, 0.1) is 0 Å². The molecule has 1 heterocycles. The van der Waals surface area contributed by atoms with E-state index in [1.54, 1.807) is 19.4 Å². The lowest BCUT2D eigenvalue weighted by Crippen LogP contribution is -2.15. The van der Waals surface area contributed by atoms with Crippen LogP contribution < -0.4 is 15.4 Å². The van der Waals surface area contributed by atoms with Crippen molar-refractivity contribution < 1.29 is 9.53 Å². The molecule has 3 rings (SSSR count). The molecule has 0 fully saturated rings. The minimum atomic E-state index is -0.110. The Bertz CT molecular complexity index is 959. The SMILES string of the molecule is COc1ccc(CC(=O)Nc2ccc(Nc3ccccc3C(C)(C)C)cn2)cc1. The van der Waals surface area contributed by atoms with E-state index in [-0.39, 0.29) is 17.7 Å². The third-order valence-corrected chi connectivity index (χ3v) is 4.57. The molecular weight excluding hydrogens is 362 g/mol. The van der Waals surface area contributed by atoms with Gasteiger partial charge in [0, 0.05) is 5.69 Å². The summed E-state index contributed by atoms with van der Waals surface area (Å²) in [4.78, 5) is 16.6. The van der Waals surface area contributed by atoms with E-state index in [4.69, 9.17) is 4.74 Å². The molecule has 5 heteroatoms. The number of para-hydroxylation sites is 1. The smallest absolute Gasteiger partial charge is 0.229 e. The number of carbonyl (C=O) groups is 1. The number of amides is 1. The Labute approximate surface area is 172 Å². The average molecular weight is 389 g/mol. The van der Waals surface area contributed by atoms with Gasteiger partial charge in [-0.3, -0.25) is 4.79 Å². The molecular formula is C24H27N3O2. The molecule has 0 radical (unpaired) electrons. The van der Waals surface area contributed by atoms with Crippen LogP contribution in [0.15, 0.2) is 66.9 Å². The number of hydrogen-bond donors (Lipinski definition) is 2. The Morgan fingerprint density at radius 1 is 1.00 bits per heavy atom. The van der Waals surface area contributed by atoms with Crippen LogP contribution in [0.3, 0.4) is 0 Å². The predicted molar refractivity (Wildman–Crippen MR) is 118 cm³/mol. The average Bonchev–Trinajstić information content (AvgIpc) is 2.69. The van der Waals surface area contributed by atoms with Crippen LogP contribution in [-0.4, -0.2) is 18.0 Å². The maximum absolute atomic E-state index is 12.3. The first-order chi connectivity index (χ1) is 13.8. The van der Waals surface area contributed by atoms with Gasteiger partial charge in [-0.1, -0.05) is 51.1 Å². The van der Waals surface area contributed by atoms with Gasteiger partial charge in [0.25, 0.3) is 0 Å². The van der Waals surface area contributed by atoms with Crippen LogP contribution in [0.1, 0.15) is 31.9 Å². The van der Waals surface area contributed by atoms with Gasteiger partial charge in [0.2, 0.25) is 5.91 Å². The summed E-state index contributed by atoms with van der Waals surface area (Å²) in [5.74, 6) is 1.19. The summed E-state index contributed by atoms with van der Waals surface area (Å²) < 4.78 is 5.13. The molecule has 1 aromatic heterocycles. The van der Waals surface area contributed by atoms with Crippen molar-refractivity contribution in [2.24, 2.45) is 0 Å². The summed E-state index contributed by atoms with van der Waals surface area (Å²) in [7, 11) is 1.62. The number of benzene rings is 2. The van der Waals surface area contributed by atoms with E-state index in [0.29, 0.717) is 5.82 Å². The van der Waals surface area contributed by atoms with E-state index in [1.165, 1.54) is 5.56 Å². The van der Waals surface area contributed by atoms with Crippen molar-refractivity contribution in [3.05, 3.63) is 78.0 Å². The minimum Gasteiger partial charge on any atom is -0.497 e. The molecule has 5 nitrogen and oxygen atoms in total. The summed E-state index contributed by atoms with van der Waals surface area (Å²) in [6.07, 6.45) is 2.01. The number of carbonyl (C=O) groups excluding carboxylic acids is 1. The first kappa shape index (κ1) is 20.4. The van der Waals surface area contributed by atoms with Gasteiger partial charge in [-0.2, -0.15) is 0 Å². The molecule has 0 aliphatic heterocycles. The lowest BCUT2D eigenvalue weighted by Gasteiger charge is -2.23. The monoisotopic (exact) mass is 389 g/mol. The van der Waals surface area contributed by atoms with Gasteiger partial charge in [-0.15, -0.1) is 0 Å². The third-order valence-electron chi connectivity index (χ3n) is 4.57. The van der Waals surface area contributed by atoms with E-state index >= 15 is 0 Å². The van der Waals surface area contributed by atoms with E-state index in [2.05, 4.69) is 48.5 Å². The van der Waals surface area contributed by atoms with Gasteiger partial charge >= 0.3 is 0 Å². The van der Waals surface area contributed by atoms with Crippen molar-refractivity contribution in [1.29, 1.82) is 0 Å². The van der Waals surface area contributed by atoms with Gasteiger partial charge in [0.1, 0.15) is 11.6 Å². The zero-order valence-corrected chi connectivity index (χ0v) is 17.3. The third kappa shape index (κ3) is 5.57. The van der Waals surface area contributed by atoms with E-state index in [0.717, 1.165) is 22.7 Å². The summed E-state index contributed by atoms with van der Waals surface area (Å²) in [6.45, 7) is 6.56. The number of ether oxygens (including phenoxy) is 1. The molecule has 0 saturated carbocycles. The van der Waals surface area contributed by atoms with Crippen molar-refractivity contribution in [1.82, 2.24) is 4.98 Å². The fourth-order valence-electron chi connectivity index (χ4n) is 3.06. The van der Waals surface area contributed by atoms with Gasteiger partial charge in [0.15, 0.2) is 0 Å². The molecule has 2 N–H and O–H groups in total. The number of aromatic nitrogens is 1. The quantitative estimate of drug-likeness (QED) is 0.599. The van der Waals surface area contributed by atoms with Gasteiger partial charge < -0.3 is 15.4 Å². The highest BCUT2D eigenvalue weighted by Crippen LogP contribution is 2.31. The summed E-state index contributed by atoms with van der Waals surface area (Å²) in [5.41, 5.74) is 4.11. The van der Waals surface area contributed by atoms with Crippen molar-refractivity contribution in [3.63, 3.8) is 0 Å². The van der Waals surface area contributed by atoms with Crippen LogP contribution in [-0.2, 0) is 16.6 Å². The number of anilines is 3. The second-order valence-corrected chi connectivity index (χ2v) is 7.93. The highest BCUT2D eigenvalue weighted by Gasteiger charge is 2.17. The molecule has 29 heavy (non-hydrogen) atoms. The molecule has 1 amide bonds. The second kappa shape index (κ2) is 8.78. The molecule has 0 aliphatic rings. The Hall–Kier alpha value is -3.34. The molecule has 150 valence electrons. The molecule has 0 bridgehead atoms. The van der Waals surface area contributed by atoms with Gasteiger partial charge in [-0.05, 0) is 46.9 Å². The normalized spacial score (nSPS) is 11.0. The maximum atomic E-state index is 12.3. The summed E-state index contributed by atoms with van der Waals surface area (Å²) in [5, 5.41) is 6.26. The summed E-state index contributed by atoms with van der Waals surface area (Å²) in [6, 6.07) is 19.4. The molecule has 0 saturated heterocycles. The van der Waals surface area contributed by atoms with Crippen molar-refractivity contribution >= 4 is 23.1 Å². The molecule has 0 atom stereocenters. The number of nitrogens with one attached hydrogen (secondary N) is 2. The van der Waals surface area contributed by atoms with Crippen molar-refractivity contribution in [2.45, 2.75) is 32.6 Å². The molecule has 0 spiro atoms. The van der Waals surface area contributed by atoms with E-state index in [9.17, 15) is 4.79 Å². The molecule has 0 aliphatic carbocycles. The number of pyridine rings is 1. The Kier molecular flexibility index (Phi) is 6.17. The van der Waals surface area contributed by atoms with Gasteiger partial charge in [0.05, 0.1) is 25.4 Å². The van der Waals surface area contributed by atoms with Gasteiger partial charge in [-0.25, -0.2) is 4.98 Å². The fraction of sp³-hybridized carbons (Fsp3) is 0.250. The lowest BCUT2D eigenvalue weighted by molar-refractivity contribution is -0.115. The van der Waals surface area contributed by atoms with Crippen LogP contribution in [0.4, 0.5) is 17.2 Å². The highest BCUT2D eigenvalue weighted by molar-refractivity contribution is 5.91. The van der Waals surface area contributed by atoms with Crippen LogP contribution >= 0.6 is 0 Å². The zero-order chi connectivity index (χ0) is 20.9. The Balaban J connectivity index is 1.62. The van der Waals surface area contributed by atoms with Crippen molar-refractivity contribution in [2.75, 3.05) is 17.7 Å². The zero-order valence-electron chi connectivity index (χ0n) is 17.3. The maximum Gasteiger partial charge on any atom is 0.229 e. The topological polar surface area (TPSA) is 63.2 Å². The largest absolute Gasteiger partial charge is 0.497 e. The fourth-order valence-corrected chi connectivity index (χ4v) is 3.06. The van der Waals surface area contributed by atoms with Crippen LogP contribution in [0.2, 0.25) is 0 Å². The molecule has 2 aromatic carbocycles. The number of nitrogens with zero attached hydrogens (tertiary/aromatic N) is 1. The van der Waals surface area contributed by atoms with Crippen LogP contribution in [0.5, 0.6) is 5.75 Å². The Morgan fingerprint density at radius 2 is 1.72 bits per heavy atom. The van der Waals surface area contributed by atoms with Crippen molar-refractivity contribution in [3.8, 4) is 5.75 Å². The number of rotatable bonds is 6. The molecule has 0 unspecified atom stereocenters.